The smallest absolute Gasteiger partial charge is 0.158 e. The van der Waals surface area contributed by atoms with Crippen molar-refractivity contribution in [2.24, 2.45) is 7.05 Å². The molecule has 2 heterocycles. The van der Waals surface area contributed by atoms with Crippen molar-refractivity contribution < 1.29 is 0 Å². The summed E-state index contributed by atoms with van der Waals surface area (Å²) in [5, 5.41) is 5.54. The third-order valence-corrected chi connectivity index (χ3v) is 4.34. The third kappa shape index (κ3) is 2.10. The van der Waals surface area contributed by atoms with Crippen molar-refractivity contribution in [2.75, 3.05) is 11.4 Å². The van der Waals surface area contributed by atoms with Crippen LogP contribution in [0.1, 0.15) is 30.2 Å². The Morgan fingerprint density at radius 2 is 2.15 bits per heavy atom. The predicted molar refractivity (Wildman–Crippen MR) is 84.1 cm³/mol. The van der Waals surface area contributed by atoms with E-state index in [0.29, 0.717) is 0 Å². The van der Waals surface area contributed by atoms with E-state index in [1.165, 1.54) is 28.9 Å². The number of anilines is 2. The number of halogens is 1. The molecule has 0 amide bonds. The van der Waals surface area contributed by atoms with E-state index in [-0.39, 0.29) is 0 Å². The zero-order chi connectivity index (χ0) is 14.3. The Labute approximate surface area is 125 Å². The molecule has 0 bridgehead atoms. The summed E-state index contributed by atoms with van der Waals surface area (Å²) in [6, 6.07) is 6.09. The maximum Gasteiger partial charge on any atom is 0.158 e. The van der Waals surface area contributed by atoms with Gasteiger partial charge in [0.2, 0.25) is 0 Å². The third-order valence-electron chi connectivity index (χ3n) is 4.10. The van der Waals surface area contributed by atoms with Crippen LogP contribution < -0.4 is 4.90 Å². The molecule has 1 aliphatic rings. The van der Waals surface area contributed by atoms with Crippen LogP contribution in [0.5, 0.6) is 0 Å². The first-order chi connectivity index (χ1) is 9.61. The van der Waals surface area contributed by atoms with E-state index in [2.05, 4.69) is 24.8 Å². The Hall–Kier alpha value is -1.48. The van der Waals surface area contributed by atoms with Gasteiger partial charge in [-0.1, -0.05) is 18.5 Å². The fraction of sp³-hybridized carbons (Fsp3) is 0.438. The van der Waals surface area contributed by atoms with Gasteiger partial charge in [-0.2, -0.15) is 5.10 Å². The Morgan fingerprint density at radius 1 is 1.35 bits per heavy atom. The van der Waals surface area contributed by atoms with Crippen LogP contribution in [-0.2, 0) is 19.9 Å². The highest BCUT2D eigenvalue weighted by molar-refractivity contribution is 6.30. The van der Waals surface area contributed by atoms with Crippen LogP contribution in [0.25, 0.3) is 0 Å². The van der Waals surface area contributed by atoms with Gasteiger partial charge in [-0.05, 0) is 49.9 Å². The number of hydrogen-bond acceptors (Lipinski definition) is 2. The second kappa shape index (κ2) is 5.13. The normalized spacial score (nSPS) is 14.5. The molecular weight excluding hydrogens is 270 g/mol. The topological polar surface area (TPSA) is 21.1 Å². The minimum absolute atomic E-state index is 0.791. The van der Waals surface area contributed by atoms with Crippen molar-refractivity contribution >= 4 is 23.1 Å². The quantitative estimate of drug-likeness (QED) is 0.832. The second-order valence-corrected chi connectivity index (χ2v) is 5.85. The number of aryl methyl sites for hydroxylation is 2. The van der Waals surface area contributed by atoms with Crippen LogP contribution in [0.15, 0.2) is 18.2 Å². The zero-order valence-electron chi connectivity index (χ0n) is 12.3. The molecule has 106 valence electrons. The fourth-order valence-electron chi connectivity index (χ4n) is 3.18. The first kappa shape index (κ1) is 13.5. The van der Waals surface area contributed by atoms with Crippen molar-refractivity contribution in [3.05, 3.63) is 40.0 Å². The highest BCUT2D eigenvalue weighted by Crippen LogP contribution is 2.36. The average molecular weight is 290 g/mol. The number of benzene rings is 1. The monoisotopic (exact) mass is 289 g/mol. The van der Waals surface area contributed by atoms with E-state index in [0.717, 1.165) is 30.2 Å². The lowest BCUT2D eigenvalue weighted by molar-refractivity contribution is 0.715. The van der Waals surface area contributed by atoms with Crippen LogP contribution in [0.2, 0.25) is 5.02 Å². The zero-order valence-corrected chi connectivity index (χ0v) is 13.0. The molecule has 0 saturated heterocycles. The predicted octanol–water partition coefficient (Wildman–Crippen LogP) is 4.03. The molecule has 4 heteroatoms. The largest absolute Gasteiger partial charge is 0.324 e. The van der Waals surface area contributed by atoms with Crippen LogP contribution in [-0.4, -0.2) is 16.3 Å². The molecule has 2 aromatic rings. The van der Waals surface area contributed by atoms with Gasteiger partial charge >= 0.3 is 0 Å². The standard InChI is InChI=1S/C16H20ClN3/c1-4-14-13-6-5-9-20(16(13)18-19(14)3)15-8-7-12(17)10-11(15)2/h7-8,10H,4-6,9H2,1-3H3. The molecule has 3 rings (SSSR count). The van der Waals surface area contributed by atoms with Crippen molar-refractivity contribution in [2.45, 2.75) is 33.1 Å². The molecule has 1 aromatic heterocycles. The van der Waals surface area contributed by atoms with Gasteiger partial charge in [0.1, 0.15) is 0 Å². The van der Waals surface area contributed by atoms with Gasteiger partial charge in [-0.3, -0.25) is 4.68 Å². The number of rotatable bonds is 2. The van der Waals surface area contributed by atoms with Crippen molar-refractivity contribution in [1.82, 2.24) is 9.78 Å². The summed E-state index contributed by atoms with van der Waals surface area (Å²) in [5.74, 6) is 1.13. The van der Waals surface area contributed by atoms with Gasteiger partial charge in [-0.25, -0.2) is 0 Å². The van der Waals surface area contributed by atoms with Crippen LogP contribution in [0.3, 0.4) is 0 Å². The van der Waals surface area contributed by atoms with Crippen molar-refractivity contribution in [1.29, 1.82) is 0 Å². The lowest BCUT2D eigenvalue weighted by Gasteiger charge is -2.29. The van der Waals surface area contributed by atoms with E-state index >= 15 is 0 Å². The molecular formula is C16H20ClN3. The molecule has 0 radical (unpaired) electrons. The Morgan fingerprint density at radius 3 is 2.85 bits per heavy atom. The van der Waals surface area contributed by atoms with Gasteiger partial charge in [0.15, 0.2) is 5.82 Å². The molecule has 0 fully saturated rings. The summed E-state index contributed by atoms with van der Waals surface area (Å²) in [6.45, 7) is 5.33. The van der Waals surface area contributed by atoms with E-state index < -0.39 is 0 Å². The maximum absolute atomic E-state index is 6.07. The molecule has 1 aliphatic heterocycles. The van der Waals surface area contributed by atoms with Gasteiger partial charge in [0.05, 0.1) is 0 Å². The minimum atomic E-state index is 0.791. The lowest BCUT2D eigenvalue weighted by Crippen LogP contribution is -2.25. The van der Waals surface area contributed by atoms with Gasteiger partial charge in [0.25, 0.3) is 0 Å². The van der Waals surface area contributed by atoms with Crippen LogP contribution >= 0.6 is 11.6 Å². The van der Waals surface area contributed by atoms with Crippen LogP contribution in [0.4, 0.5) is 11.5 Å². The number of hydrogen-bond donors (Lipinski definition) is 0. The highest BCUT2D eigenvalue weighted by atomic mass is 35.5. The summed E-state index contributed by atoms with van der Waals surface area (Å²) in [5.41, 5.74) is 5.19. The van der Waals surface area contributed by atoms with E-state index in [1.54, 1.807) is 0 Å². The van der Waals surface area contributed by atoms with Gasteiger partial charge in [0, 0.05) is 35.6 Å². The first-order valence-electron chi connectivity index (χ1n) is 7.20. The molecule has 20 heavy (non-hydrogen) atoms. The number of aromatic nitrogens is 2. The lowest BCUT2D eigenvalue weighted by atomic mass is 10.0. The van der Waals surface area contributed by atoms with Gasteiger partial charge in [-0.15, -0.1) is 0 Å². The Bertz CT molecular complexity index is 645. The summed E-state index contributed by atoms with van der Waals surface area (Å²) in [6.07, 6.45) is 3.34. The molecule has 0 atom stereocenters. The first-order valence-corrected chi connectivity index (χ1v) is 7.58. The van der Waals surface area contributed by atoms with Gasteiger partial charge < -0.3 is 4.90 Å². The Kier molecular flexibility index (Phi) is 3.47. The summed E-state index contributed by atoms with van der Waals surface area (Å²) in [4.78, 5) is 2.34. The number of nitrogens with zero attached hydrogens (tertiary/aromatic N) is 3. The summed E-state index contributed by atoms with van der Waals surface area (Å²) in [7, 11) is 2.05. The van der Waals surface area contributed by atoms with E-state index in [9.17, 15) is 0 Å². The molecule has 0 saturated carbocycles. The van der Waals surface area contributed by atoms with E-state index in [4.69, 9.17) is 16.7 Å². The minimum Gasteiger partial charge on any atom is -0.324 e. The molecule has 0 aliphatic carbocycles. The SMILES string of the molecule is CCc1c2c(nn1C)N(c1ccc(Cl)cc1C)CCC2. The molecule has 0 unspecified atom stereocenters. The Balaban J connectivity index is 2.10. The average Bonchev–Trinajstić information content (AvgIpc) is 2.74. The van der Waals surface area contributed by atoms with Crippen molar-refractivity contribution in [3.63, 3.8) is 0 Å². The second-order valence-electron chi connectivity index (χ2n) is 5.41. The number of fused-ring (bicyclic) bond motifs is 1. The molecule has 1 aromatic carbocycles. The highest BCUT2D eigenvalue weighted by Gasteiger charge is 2.25. The molecule has 3 nitrogen and oxygen atoms in total. The molecule has 0 spiro atoms. The maximum atomic E-state index is 6.07. The van der Waals surface area contributed by atoms with E-state index in [1.807, 2.05) is 23.9 Å². The summed E-state index contributed by atoms with van der Waals surface area (Å²) < 4.78 is 2.04. The fourth-order valence-corrected chi connectivity index (χ4v) is 3.41. The summed E-state index contributed by atoms with van der Waals surface area (Å²) >= 11 is 6.07. The molecule has 0 N–H and O–H groups in total. The van der Waals surface area contributed by atoms with Crippen LogP contribution in [0, 0.1) is 6.92 Å². The van der Waals surface area contributed by atoms with Crippen molar-refractivity contribution in [3.8, 4) is 0 Å².